The molecule has 1 unspecified atom stereocenters. The predicted molar refractivity (Wildman–Crippen MR) is 139 cm³/mol. The van der Waals surface area contributed by atoms with Crippen LogP contribution < -0.4 is 0 Å². The van der Waals surface area contributed by atoms with Gasteiger partial charge in [-0.05, 0) is 23.3 Å². The van der Waals surface area contributed by atoms with Crippen LogP contribution in [0.25, 0.3) is 0 Å². The first-order valence-corrected chi connectivity index (χ1v) is 13.2. The summed E-state index contributed by atoms with van der Waals surface area (Å²) in [5.41, 5.74) is 2.42. The Morgan fingerprint density at radius 1 is 1.17 bits per heavy atom. The number of carboxylic acid groups (broad SMARTS) is 1. The van der Waals surface area contributed by atoms with Gasteiger partial charge >= 0.3 is 5.97 Å². The number of benzene rings is 2. The van der Waals surface area contributed by atoms with Gasteiger partial charge in [-0.2, -0.15) is 0 Å². The van der Waals surface area contributed by atoms with Crippen LogP contribution in [0.3, 0.4) is 0 Å². The number of hydrogen-bond acceptors (Lipinski definition) is 7. The molecule has 1 N–H and O–H groups in total. The van der Waals surface area contributed by atoms with E-state index in [2.05, 4.69) is 25.8 Å². The Morgan fingerprint density at radius 2 is 1.94 bits per heavy atom. The first kappa shape index (κ1) is 24.8. The summed E-state index contributed by atoms with van der Waals surface area (Å²) in [6.45, 7) is 3.43. The van der Waals surface area contributed by atoms with Gasteiger partial charge in [-0.25, -0.2) is 14.2 Å². The lowest BCUT2D eigenvalue weighted by atomic mass is 9.94. The lowest BCUT2D eigenvalue weighted by Crippen LogP contribution is -2.45. The molecular weight excluding hydrogens is 547 g/mol. The molecule has 10 heteroatoms. The molecule has 3 heterocycles. The second-order valence-corrected chi connectivity index (χ2v) is 10.2. The van der Waals surface area contributed by atoms with Gasteiger partial charge < -0.3 is 14.7 Å². The number of amidine groups is 1. The molecule has 2 aromatic carbocycles. The summed E-state index contributed by atoms with van der Waals surface area (Å²) < 4.78 is 19.9. The SMILES string of the molecule is O=C(O)C1=C(CN2CCOCC2)N(Cc2ccccc2)C(c2nccs2)=NC1c1ccc(F)cc1Br. The van der Waals surface area contributed by atoms with Crippen LogP contribution in [0.1, 0.15) is 22.2 Å². The Morgan fingerprint density at radius 3 is 2.61 bits per heavy atom. The van der Waals surface area contributed by atoms with Crippen molar-refractivity contribution in [2.75, 3.05) is 32.8 Å². The summed E-state index contributed by atoms with van der Waals surface area (Å²) >= 11 is 4.88. The highest BCUT2D eigenvalue weighted by molar-refractivity contribution is 9.10. The summed E-state index contributed by atoms with van der Waals surface area (Å²) in [7, 11) is 0. The maximum atomic E-state index is 13.9. The van der Waals surface area contributed by atoms with E-state index in [0.29, 0.717) is 66.0 Å². The minimum atomic E-state index is -1.06. The lowest BCUT2D eigenvalue weighted by molar-refractivity contribution is -0.133. The van der Waals surface area contributed by atoms with Crippen molar-refractivity contribution in [3.63, 3.8) is 0 Å². The fourth-order valence-electron chi connectivity index (χ4n) is 4.46. The number of morpholine rings is 1. The minimum absolute atomic E-state index is 0.171. The summed E-state index contributed by atoms with van der Waals surface area (Å²) in [5, 5.41) is 13.1. The number of carbonyl (C=O) groups is 1. The molecule has 0 spiro atoms. The first-order chi connectivity index (χ1) is 17.5. The highest BCUT2D eigenvalue weighted by Crippen LogP contribution is 2.40. The third-order valence-corrected chi connectivity index (χ3v) is 7.64. The van der Waals surface area contributed by atoms with Crippen LogP contribution in [0.15, 0.2) is 80.8 Å². The number of aliphatic carboxylic acids is 1. The fraction of sp³-hybridized carbons (Fsp3) is 0.269. The third kappa shape index (κ3) is 5.27. The topological polar surface area (TPSA) is 78.3 Å². The van der Waals surface area contributed by atoms with Crippen LogP contribution in [-0.4, -0.2) is 64.5 Å². The number of aromatic nitrogens is 1. The van der Waals surface area contributed by atoms with Gasteiger partial charge in [0.15, 0.2) is 10.8 Å². The Hall–Kier alpha value is -2.92. The normalized spacial score (nSPS) is 18.9. The second-order valence-electron chi connectivity index (χ2n) is 8.48. The van der Waals surface area contributed by atoms with Gasteiger partial charge in [0.2, 0.25) is 0 Å². The fourth-order valence-corrected chi connectivity index (χ4v) is 5.67. The van der Waals surface area contributed by atoms with E-state index in [9.17, 15) is 14.3 Å². The smallest absolute Gasteiger partial charge is 0.335 e. The van der Waals surface area contributed by atoms with E-state index in [1.807, 2.05) is 40.6 Å². The van der Waals surface area contributed by atoms with Gasteiger partial charge in [0.05, 0.1) is 18.8 Å². The average molecular weight is 571 g/mol. The number of halogens is 2. The van der Waals surface area contributed by atoms with Gasteiger partial charge in [-0.15, -0.1) is 11.3 Å². The number of nitrogens with zero attached hydrogens (tertiary/aromatic N) is 4. The molecule has 0 aliphatic carbocycles. The highest BCUT2D eigenvalue weighted by Gasteiger charge is 2.38. The zero-order valence-corrected chi connectivity index (χ0v) is 21.7. The maximum Gasteiger partial charge on any atom is 0.335 e. The van der Waals surface area contributed by atoms with Crippen molar-refractivity contribution in [2.45, 2.75) is 12.6 Å². The molecule has 2 aliphatic heterocycles. The summed E-state index contributed by atoms with van der Waals surface area (Å²) in [5.74, 6) is -0.867. The van der Waals surface area contributed by atoms with Crippen LogP contribution in [0.5, 0.6) is 0 Å². The Bertz CT molecular complexity index is 1290. The predicted octanol–water partition coefficient (Wildman–Crippen LogP) is 4.72. The van der Waals surface area contributed by atoms with Crippen molar-refractivity contribution < 1.29 is 19.0 Å². The average Bonchev–Trinajstić information content (AvgIpc) is 3.41. The molecule has 5 rings (SSSR count). The summed E-state index contributed by atoms with van der Waals surface area (Å²) in [4.78, 5) is 26.5. The van der Waals surface area contributed by atoms with E-state index in [0.717, 1.165) is 5.56 Å². The van der Waals surface area contributed by atoms with Crippen LogP contribution in [0.2, 0.25) is 0 Å². The zero-order valence-electron chi connectivity index (χ0n) is 19.3. The van der Waals surface area contributed by atoms with Gasteiger partial charge in [0, 0.05) is 47.9 Å². The number of rotatable bonds is 7. The van der Waals surface area contributed by atoms with Crippen LogP contribution in [0, 0.1) is 5.82 Å². The standard InChI is InChI=1S/C26H24BrFN4O3S/c27-20-14-18(28)6-7-19(20)23-22(26(33)34)21(16-31-9-11-35-12-10-31)32(15-17-4-2-1-3-5-17)24(30-23)25-29-8-13-36-25/h1-8,13-14,23H,9-12,15-16H2,(H,33,34). The molecule has 1 saturated heterocycles. The van der Waals surface area contributed by atoms with Crippen LogP contribution in [0.4, 0.5) is 4.39 Å². The molecular formula is C26H24BrFN4O3S. The summed E-state index contributed by atoms with van der Waals surface area (Å²) in [6.07, 6.45) is 1.71. The number of thiazole rings is 1. The third-order valence-electron chi connectivity index (χ3n) is 6.19. The van der Waals surface area contributed by atoms with Crippen molar-refractivity contribution in [1.82, 2.24) is 14.8 Å². The highest BCUT2D eigenvalue weighted by atomic mass is 79.9. The Labute approximate surface area is 220 Å². The van der Waals surface area contributed by atoms with Crippen molar-refractivity contribution in [2.24, 2.45) is 4.99 Å². The molecule has 2 aliphatic rings. The van der Waals surface area contributed by atoms with Gasteiger partial charge in [-0.3, -0.25) is 9.89 Å². The van der Waals surface area contributed by atoms with Crippen LogP contribution >= 0.6 is 27.3 Å². The number of ether oxygens (including phenoxy) is 1. The Kier molecular flexibility index (Phi) is 7.56. The van der Waals surface area contributed by atoms with E-state index in [-0.39, 0.29) is 5.57 Å². The number of aliphatic imine (C=N–C) groups is 1. The molecule has 1 aromatic heterocycles. The molecule has 0 bridgehead atoms. The van der Waals surface area contributed by atoms with Gasteiger partial charge in [-0.1, -0.05) is 52.3 Å². The maximum absolute atomic E-state index is 13.9. The quantitative estimate of drug-likeness (QED) is 0.443. The molecule has 186 valence electrons. The zero-order chi connectivity index (χ0) is 25.1. The van der Waals surface area contributed by atoms with Crippen molar-refractivity contribution in [3.05, 3.63) is 97.8 Å². The van der Waals surface area contributed by atoms with Crippen molar-refractivity contribution in [3.8, 4) is 0 Å². The molecule has 0 radical (unpaired) electrons. The van der Waals surface area contributed by atoms with Gasteiger partial charge in [0.1, 0.15) is 11.9 Å². The minimum Gasteiger partial charge on any atom is -0.478 e. The molecule has 0 amide bonds. The van der Waals surface area contributed by atoms with Gasteiger partial charge in [0.25, 0.3) is 0 Å². The van der Waals surface area contributed by atoms with E-state index in [4.69, 9.17) is 9.73 Å². The van der Waals surface area contributed by atoms with E-state index in [1.54, 1.807) is 12.3 Å². The summed E-state index contributed by atoms with van der Waals surface area (Å²) in [6, 6.07) is 13.3. The molecule has 3 aromatic rings. The molecule has 1 fully saturated rings. The molecule has 1 atom stereocenters. The van der Waals surface area contributed by atoms with E-state index < -0.39 is 17.8 Å². The van der Waals surface area contributed by atoms with Crippen molar-refractivity contribution in [1.29, 1.82) is 0 Å². The van der Waals surface area contributed by atoms with E-state index in [1.165, 1.54) is 23.5 Å². The molecule has 36 heavy (non-hydrogen) atoms. The van der Waals surface area contributed by atoms with Crippen LogP contribution in [-0.2, 0) is 16.1 Å². The number of hydrogen-bond donors (Lipinski definition) is 1. The molecule has 7 nitrogen and oxygen atoms in total. The number of carboxylic acids is 1. The Balaban J connectivity index is 1.69. The van der Waals surface area contributed by atoms with Crippen molar-refractivity contribution >= 4 is 39.1 Å². The molecule has 0 saturated carbocycles. The first-order valence-electron chi connectivity index (χ1n) is 11.5. The second kappa shape index (κ2) is 11.0. The van der Waals surface area contributed by atoms with E-state index >= 15 is 0 Å². The monoisotopic (exact) mass is 570 g/mol. The largest absolute Gasteiger partial charge is 0.478 e. The lowest BCUT2D eigenvalue weighted by Gasteiger charge is -2.38.